The molecule has 0 aliphatic heterocycles. The van der Waals surface area contributed by atoms with Gasteiger partial charge < -0.3 is 9.72 Å². The van der Waals surface area contributed by atoms with E-state index in [9.17, 15) is 14.4 Å². The van der Waals surface area contributed by atoms with Crippen molar-refractivity contribution in [2.75, 3.05) is 6.61 Å². The van der Waals surface area contributed by atoms with Crippen LogP contribution in [0.15, 0.2) is 37.4 Å². The molecule has 0 saturated carbocycles. The summed E-state index contributed by atoms with van der Waals surface area (Å²) in [5.74, 6) is 0.415. The Labute approximate surface area is 164 Å². The Morgan fingerprint density at radius 1 is 1.33 bits per heavy atom. The molecule has 1 heterocycles. The topological polar surface area (TPSA) is 116 Å². The van der Waals surface area contributed by atoms with Gasteiger partial charge >= 0.3 is 5.69 Å². The molecule has 0 aliphatic rings. The first-order valence-corrected chi connectivity index (χ1v) is 9.26. The van der Waals surface area contributed by atoms with Gasteiger partial charge in [-0.1, -0.05) is 6.92 Å². The SMILES string of the molecule is CCCOc1ccc(/C=N/NC(=O)CCc2c(C)[nH]c(=O)[nH]c2=O)cc1Br. The number of carbonyl (C=O) groups is 1. The maximum absolute atomic E-state index is 11.9. The van der Waals surface area contributed by atoms with Gasteiger partial charge in [0.1, 0.15) is 5.75 Å². The van der Waals surface area contributed by atoms with Gasteiger partial charge in [0, 0.05) is 17.7 Å². The number of halogens is 1. The highest BCUT2D eigenvalue weighted by Gasteiger charge is 2.08. The standard InChI is InChI=1S/C18H21BrN4O4/c1-3-8-27-15-6-4-12(9-14(15)19)10-20-23-16(24)7-5-13-11(2)21-18(26)22-17(13)25/h4,6,9-10H,3,5,7-8H2,1-2H3,(H,23,24)(H2,21,22,25,26)/b20-10+. The number of rotatable bonds is 8. The molecule has 0 spiro atoms. The van der Waals surface area contributed by atoms with E-state index in [1.165, 1.54) is 6.21 Å². The Bertz CT molecular complexity index is 949. The number of aromatic amines is 2. The van der Waals surface area contributed by atoms with Crippen LogP contribution in [0.2, 0.25) is 0 Å². The summed E-state index contributed by atoms with van der Waals surface area (Å²) in [6, 6.07) is 5.49. The van der Waals surface area contributed by atoms with E-state index in [-0.39, 0.29) is 18.7 Å². The fourth-order valence-electron chi connectivity index (χ4n) is 2.33. The Morgan fingerprint density at radius 3 is 2.78 bits per heavy atom. The smallest absolute Gasteiger partial charge is 0.325 e. The highest BCUT2D eigenvalue weighted by molar-refractivity contribution is 9.10. The van der Waals surface area contributed by atoms with Gasteiger partial charge in [0.05, 0.1) is 17.3 Å². The van der Waals surface area contributed by atoms with E-state index < -0.39 is 11.2 Å². The van der Waals surface area contributed by atoms with Crippen molar-refractivity contribution in [1.82, 2.24) is 15.4 Å². The fourth-order valence-corrected chi connectivity index (χ4v) is 2.84. The summed E-state index contributed by atoms with van der Waals surface area (Å²) in [6.45, 7) is 4.29. The number of aromatic nitrogens is 2. The van der Waals surface area contributed by atoms with Crippen LogP contribution in [0.3, 0.4) is 0 Å². The third-order valence-corrected chi connectivity index (χ3v) is 4.30. The van der Waals surface area contributed by atoms with Gasteiger partial charge in [0.15, 0.2) is 0 Å². The average molecular weight is 437 g/mol. The molecule has 2 rings (SSSR count). The zero-order chi connectivity index (χ0) is 19.8. The quantitative estimate of drug-likeness (QED) is 0.433. The summed E-state index contributed by atoms with van der Waals surface area (Å²) >= 11 is 3.44. The van der Waals surface area contributed by atoms with Crippen molar-refractivity contribution in [1.29, 1.82) is 0 Å². The Balaban J connectivity index is 1.89. The van der Waals surface area contributed by atoms with Crippen LogP contribution in [-0.2, 0) is 11.2 Å². The summed E-state index contributed by atoms with van der Waals surface area (Å²) in [4.78, 5) is 39.4. The summed E-state index contributed by atoms with van der Waals surface area (Å²) in [5, 5.41) is 3.92. The monoisotopic (exact) mass is 436 g/mol. The summed E-state index contributed by atoms with van der Waals surface area (Å²) in [7, 11) is 0. The molecule has 0 fully saturated rings. The molecule has 1 aromatic carbocycles. The third kappa shape index (κ3) is 6.21. The molecule has 1 amide bonds. The summed E-state index contributed by atoms with van der Waals surface area (Å²) < 4.78 is 6.38. The molecule has 144 valence electrons. The first-order chi connectivity index (χ1) is 12.9. The largest absolute Gasteiger partial charge is 0.492 e. The summed E-state index contributed by atoms with van der Waals surface area (Å²) in [5.41, 5.74) is 2.99. The van der Waals surface area contributed by atoms with Crippen LogP contribution in [0.4, 0.5) is 0 Å². The number of aryl methyl sites for hydroxylation is 1. The fraction of sp³-hybridized carbons (Fsp3) is 0.333. The zero-order valence-electron chi connectivity index (χ0n) is 15.1. The zero-order valence-corrected chi connectivity index (χ0v) is 16.7. The number of hydrazone groups is 1. The molecule has 0 unspecified atom stereocenters. The molecule has 2 aromatic rings. The van der Waals surface area contributed by atoms with Crippen molar-refractivity contribution in [2.24, 2.45) is 5.10 Å². The van der Waals surface area contributed by atoms with Crippen LogP contribution in [0.25, 0.3) is 0 Å². The molecule has 1 aromatic heterocycles. The molecule has 0 atom stereocenters. The number of hydrogen-bond acceptors (Lipinski definition) is 5. The number of carbonyl (C=O) groups excluding carboxylic acids is 1. The number of hydrogen-bond donors (Lipinski definition) is 3. The summed E-state index contributed by atoms with van der Waals surface area (Å²) in [6.07, 6.45) is 2.71. The minimum Gasteiger partial charge on any atom is -0.492 e. The lowest BCUT2D eigenvalue weighted by molar-refractivity contribution is -0.121. The first-order valence-electron chi connectivity index (χ1n) is 8.47. The molecule has 0 bridgehead atoms. The predicted molar refractivity (Wildman–Crippen MR) is 106 cm³/mol. The second kappa shape index (κ2) is 9.86. The van der Waals surface area contributed by atoms with E-state index in [1.807, 2.05) is 25.1 Å². The van der Waals surface area contributed by atoms with Crippen molar-refractivity contribution in [3.8, 4) is 5.75 Å². The van der Waals surface area contributed by atoms with Gasteiger partial charge in [-0.05, 0) is 59.5 Å². The average Bonchev–Trinajstić information content (AvgIpc) is 2.60. The van der Waals surface area contributed by atoms with Crippen molar-refractivity contribution in [3.05, 3.63) is 60.3 Å². The van der Waals surface area contributed by atoms with Crippen molar-refractivity contribution >= 4 is 28.1 Å². The molecule has 0 saturated heterocycles. The van der Waals surface area contributed by atoms with E-state index in [1.54, 1.807) is 6.92 Å². The molecule has 8 nitrogen and oxygen atoms in total. The Morgan fingerprint density at radius 2 is 2.11 bits per heavy atom. The first kappa shape index (κ1) is 20.6. The van der Waals surface area contributed by atoms with Crippen LogP contribution >= 0.6 is 15.9 Å². The van der Waals surface area contributed by atoms with E-state index in [4.69, 9.17) is 4.74 Å². The molecule has 3 N–H and O–H groups in total. The lowest BCUT2D eigenvalue weighted by Gasteiger charge is -2.07. The molecule has 0 aliphatic carbocycles. The van der Waals surface area contributed by atoms with Gasteiger partial charge in [-0.2, -0.15) is 5.10 Å². The molecular weight excluding hydrogens is 416 g/mol. The molecule has 27 heavy (non-hydrogen) atoms. The highest BCUT2D eigenvalue weighted by atomic mass is 79.9. The van der Waals surface area contributed by atoms with E-state index in [2.05, 4.69) is 36.4 Å². The third-order valence-electron chi connectivity index (χ3n) is 3.68. The van der Waals surface area contributed by atoms with E-state index in [0.717, 1.165) is 22.2 Å². The van der Waals surface area contributed by atoms with Crippen LogP contribution in [0.1, 0.15) is 36.6 Å². The number of ether oxygens (including phenoxy) is 1. The van der Waals surface area contributed by atoms with Crippen LogP contribution in [0.5, 0.6) is 5.75 Å². The predicted octanol–water partition coefficient (Wildman–Crippen LogP) is 2.01. The second-order valence-corrected chi connectivity index (χ2v) is 6.70. The van der Waals surface area contributed by atoms with Gasteiger partial charge in [-0.3, -0.25) is 14.6 Å². The number of nitrogens with zero attached hydrogens (tertiary/aromatic N) is 1. The van der Waals surface area contributed by atoms with E-state index in [0.29, 0.717) is 17.9 Å². The van der Waals surface area contributed by atoms with Crippen LogP contribution < -0.4 is 21.4 Å². The lowest BCUT2D eigenvalue weighted by Crippen LogP contribution is -2.28. The second-order valence-electron chi connectivity index (χ2n) is 5.84. The molecule has 9 heteroatoms. The number of benzene rings is 1. The van der Waals surface area contributed by atoms with Gasteiger partial charge in [0.25, 0.3) is 5.56 Å². The number of nitrogens with one attached hydrogen (secondary N) is 3. The van der Waals surface area contributed by atoms with Crippen LogP contribution in [0, 0.1) is 6.92 Å². The van der Waals surface area contributed by atoms with Crippen LogP contribution in [-0.4, -0.2) is 28.7 Å². The maximum Gasteiger partial charge on any atom is 0.325 e. The van der Waals surface area contributed by atoms with Gasteiger partial charge in [-0.15, -0.1) is 0 Å². The van der Waals surface area contributed by atoms with E-state index >= 15 is 0 Å². The maximum atomic E-state index is 11.9. The molecular formula is C18H21BrN4O4. The van der Waals surface area contributed by atoms with Crippen molar-refractivity contribution in [2.45, 2.75) is 33.1 Å². The molecule has 0 radical (unpaired) electrons. The number of amides is 1. The Hall–Kier alpha value is -2.68. The highest BCUT2D eigenvalue weighted by Crippen LogP contribution is 2.25. The van der Waals surface area contributed by atoms with Gasteiger partial charge in [0.2, 0.25) is 5.91 Å². The lowest BCUT2D eigenvalue weighted by atomic mass is 10.1. The Kier molecular flexibility index (Phi) is 7.54. The van der Waals surface area contributed by atoms with Gasteiger partial charge in [-0.25, -0.2) is 10.2 Å². The minimum atomic E-state index is -0.562. The van der Waals surface area contributed by atoms with Crippen molar-refractivity contribution in [3.63, 3.8) is 0 Å². The number of H-pyrrole nitrogens is 2. The van der Waals surface area contributed by atoms with Crippen molar-refractivity contribution < 1.29 is 9.53 Å². The minimum absolute atomic E-state index is 0.0702. The normalized spacial score (nSPS) is 10.9.